The molecule has 4 rings (SSSR count). The van der Waals surface area contributed by atoms with Gasteiger partial charge in [0.1, 0.15) is 6.61 Å². The molecule has 1 heterocycles. The second-order valence-electron chi connectivity index (χ2n) is 6.98. The first-order valence-electron chi connectivity index (χ1n) is 10.1. The number of benzene rings is 3. The molecule has 0 atom stereocenters. The fourth-order valence-corrected chi connectivity index (χ4v) is 3.80. The Balaban J connectivity index is 1.58. The smallest absolute Gasteiger partial charge is 0.363 e. The van der Waals surface area contributed by atoms with E-state index in [1.54, 1.807) is 42.5 Å². The van der Waals surface area contributed by atoms with Crippen LogP contribution in [-0.2, 0) is 16.1 Å². The number of carbonyl (C=O) groups excluding carboxylic acids is 1. The van der Waals surface area contributed by atoms with Gasteiger partial charge in [-0.05, 0) is 55.0 Å². The van der Waals surface area contributed by atoms with Gasteiger partial charge >= 0.3 is 5.97 Å². The number of nitrogens with zero attached hydrogens (tertiary/aromatic N) is 1. The van der Waals surface area contributed by atoms with E-state index in [1.807, 2.05) is 31.2 Å². The Bertz CT molecular complexity index is 1270. The summed E-state index contributed by atoms with van der Waals surface area (Å²) in [5, 5.41) is 1.45. The molecule has 0 aliphatic carbocycles. The Kier molecular flexibility index (Phi) is 7.23. The minimum atomic E-state index is -0.576. The Labute approximate surface area is 206 Å². The summed E-state index contributed by atoms with van der Waals surface area (Å²) in [6.45, 7) is 2.62. The third kappa shape index (κ3) is 5.50. The molecule has 0 aromatic heterocycles. The van der Waals surface area contributed by atoms with Crippen molar-refractivity contribution in [2.75, 3.05) is 6.61 Å². The zero-order valence-corrected chi connectivity index (χ0v) is 19.7. The van der Waals surface area contributed by atoms with E-state index < -0.39 is 5.97 Å². The first-order chi connectivity index (χ1) is 15.9. The molecule has 0 spiro atoms. The van der Waals surface area contributed by atoms with Crippen LogP contribution >= 0.6 is 34.8 Å². The molecule has 168 valence electrons. The van der Waals surface area contributed by atoms with Gasteiger partial charge in [-0.15, -0.1) is 0 Å². The average Bonchev–Trinajstić information content (AvgIpc) is 3.14. The Morgan fingerprint density at radius 2 is 1.76 bits per heavy atom. The summed E-state index contributed by atoms with van der Waals surface area (Å²) in [5.41, 5.74) is 2.19. The van der Waals surface area contributed by atoms with Crippen molar-refractivity contribution in [3.05, 3.63) is 98.1 Å². The fraction of sp³-hybridized carbons (Fsp3) is 0.120. The van der Waals surface area contributed by atoms with Gasteiger partial charge in [0.05, 0.1) is 17.2 Å². The Hall–Kier alpha value is -2.99. The van der Waals surface area contributed by atoms with Crippen molar-refractivity contribution in [1.82, 2.24) is 0 Å². The van der Waals surface area contributed by atoms with Crippen LogP contribution in [0.25, 0.3) is 6.08 Å². The molecule has 3 aromatic carbocycles. The van der Waals surface area contributed by atoms with Crippen LogP contribution in [-0.4, -0.2) is 18.5 Å². The minimum Gasteiger partial charge on any atom is -0.490 e. The van der Waals surface area contributed by atoms with Gasteiger partial charge in [-0.25, -0.2) is 9.79 Å². The summed E-state index contributed by atoms with van der Waals surface area (Å²) in [6, 6.07) is 17.7. The number of halogens is 3. The van der Waals surface area contributed by atoms with E-state index in [1.165, 1.54) is 0 Å². The van der Waals surface area contributed by atoms with Crippen molar-refractivity contribution in [1.29, 1.82) is 0 Å². The maximum absolute atomic E-state index is 12.4. The van der Waals surface area contributed by atoms with E-state index in [2.05, 4.69) is 4.99 Å². The summed E-state index contributed by atoms with van der Waals surface area (Å²) in [6.07, 6.45) is 1.61. The molecule has 0 unspecified atom stereocenters. The summed E-state index contributed by atoms with van der Waals surface area (Å²) in [5.74, 6) is 0.644. The van der Waals surface area contributed by atoms with Gasteiger partial charge in [0.15, 0.2) is 17.2 Å². The average molecular weight is 503 g/mol. The van der Waals surface area contributed by atoms with Gasteiger partial charge in [-0.1, -0.05) is 59.1 Å². The number of aliphatic imine (C=N–C) groups is 1. The van der Waals surface area contributed by atoms with Crippen LogP contribution in [0.3, 0.4) is 0 Å². The van der Waals surface area contributed by atoms with Gasteiger partial charge in [0, 0.05) is 15.6 Å². The molecule has 0 N–H and O–H groups in total. The van der Waals surface area contributed by atoms with Crippen LogP contribution in [0.2, 0.25) is 15.1 Å². The molecule has 0 amide bonds. The van der Waals surface area contributed by atoms with Crippen LogP contribution < -0.4 is 9.47 Å². The zero-order valence-electron chi connectivity index (χ0n) is 17.5. The number of rotatable bonds is 7. The highest BCUT2D eigenvalue weighted by atomic mass is 35.5. The highest BCUT2D eigenvalue weighted by molar-refractivity contribution is 6.37. The number of ether oxygens (including phenoxy) is 3. The minimum absolute atomic E-state index is 0.123. The lowest BCUT2D eigenvalue weighted by Crippen LogP contribution is -2.06. The van der Waals surface area contributed by atoms with Crippen LogP contribution in [0.15, 0.2) is 71.4 Å². The van der Waals surface area contributed by atoms with E-state index in [-0.39, 0.29) is 11.6 Å². The van der Waals surface area contributed by atoms with Crippen LogP contribution in [0.4, 0.5) is 0 Å². The van der Waals surface area contributed by atoms with E-state index in [9.17, 15) is 4.79 Å². The van der Waals surface area contributed by atoms with E-state index in [4.69, 9.17) is 49.0 Å². The Morgan fingerprint density at radius 3 is 2.52 bits per heavy atom. The normalized spacial score (nSPS) is 14.2. The first-order valence-corrected chi connectivity index (χ1v) is 11.2. The largest absolute Gasteiger partial charge is 0.490 e. The van der Waals surface area contributed by atoms with Gasteiger partial charge in [0.2, 0.25) is 5.90 Å². The standard InChI is InChI=1S/C25H18Cl3NO4/c1-2-31-23-12-15(7-10-22(23)32-14-16-5-3-4-6-19(16)27)11-21-25(30)33-24(29-21)18-9-8-17(26)13-20(18)28/h3-13H,2,14H2,1H3/b21-11-. The quantitative estimate of drug-likeness (QED) is 0.259. The number of hydrogen-bond acceptors (Lipinski definition) is 5. The lowest BCUT2D eigenvalue weighted by Gasteiger charge is -2.13. The number of cyclic esters (lactones) is 1. The second-order valence-corrected chi connectivity index (χ2v) is 8.23. The number of hydrogen-bond donors (Lipinski definition) is 0. The van der Waals surface area contributed by atoms with Gasteiger partial charge in [-0.2, -0.15) is 0 Å². The molecule has 0 saturated carbocycles. The molecular weight excluding hydrogens is 485 g/mol. The molecule has 0 radical (unpaired) electrons. The van der Waals surface area contributed by atoms with Crippen LogP contribution in [0.1, 0.15) is 23.6 Å². The molecule has 33 heavy (non-hydrogen) atoms. The van der Waals surface area contributed by atoms with Crippen molar-refractivity contribution >= 4 is 52.7 Å². The zero-order chi connectivity index (χ0) is 23.4. The Morgan fingerprint density at radius 1 is 0.939 bits per heavy atom. The first kappa shape index (κ1) is 23.2. The lowest BCUT2D eigenvalue weighted by atomic mass is 10.1. The maximum atomic E-state index is 12.4. The van der Waals surface area contributed by atoms with E-state index in [0.717, 1.165) is 5.56 Å². The van der Waals surface area contributed by atoms with Crippen LogP contribution in [0, 0.1) is 0 Å². The molecule has 1 aliphatic heterocycles. The third-order valence-corrected chi connectivity index (χ3v) is 5.61. The van der Waals surface area contributed by atoms with Crippen molar-refractivity contribution in [3.63, 3.8) is 0 Å². The summed E-state index contributed by atoms with van der Waals surface area (Å²) in [7, 11) is 0. The molecule has 8 heteroatoms. The van der Waals surface area contributed by atoms with E-state index >= 15 is 0 Å². The summed E-state index contributed by atoms with van der Waals surface area (Å²) >= 11 is 18.4. The SMILES string of the molecule is CCOc1cc(/C=C2\N=C(c3ccc(Cl)cc3Cl)OC2=O)ccc1OCc1ccccc1Cl. The molecule has 1 aliphatic rings. The predicted octanol–water partition coefficient (Wildman–Crippen LogP) is 6.97. The van der Waals surface area contributed by atoms with Gasteiger partial charge in [0.25, 0.3) is 0 Å². The molecule has 5 nitrogen and oxygen atoms in total. The van der Waals surface area contributed by atoms with Crippen LogP contribution in [0.5, 0.6) is 11.5 Å². The predicted molar refractivity (Wildman–Crippen MR) is 130 cm³/mol. The summed E-state index contributed by atoms with van der Waals surface area (Å²) < 4.78 is 17.0. The third-order valence-electron chi connectivity index (χ3n) is 4.69. The van der Waals surface area contributed by atoms with Crippen molar-refractivity contribution in [3.8, 4) is 11.5 Å². The molecule has 0 fully saturated rings. The van der Waals surface area contributed by atoms with Crippen molar-refractivity contribution in [2.45, 2.75) is 13.5 Å². The van der Waals surface area contributed by atoms with Gasteiger partial charge in [-0.3, -0.25) is 0 Å². The molecular formula is C25H18Cl3NO4. The maximum Gasteiger partial charge on any atom is 0.363 e. The van der Waals surface area contributed by atoms with Gasteiger partial charge < -0.3 is 14.2 Å². The van der Waals surface area contributed by atoms with Crippen molar-refractivity contribution in [2.24, 2.45) is 4.99 Å². The topological polar surface area (TPSA) is 57.1 Å². The number of esters is 1. The molecule has 3 aromatic rings. The van der Waals surface area contributed by atoms with E-state index in [0.29, 0.717) is 50.9 Å². The highest BCUT2D eigenvalue weighted by Gasteiger charge is 2.26. The number of carbonyl (C=O) groups is 1. The second kappa shape index (κ2) is 10.3. The molecule has 0 bridgehead atoms. The lowest BCUT2D eigenvalue weighted by molar-refractivity contribution is -0.129. The van der Waals surface area contributed by atoms with Crippen molar-refractivity contribution < 1.29 is 19.0 Å². The fourth-order valence-electron chi connectivity index (χ4n) is 3.12. The summed E-state index contributed by atoms with van der Waals surface area (Å²) in [4.78, 5) is 16.7. The highest BCUT2D eigenvalue weighted by Crippen LogP contribution is 2.32. The monoisotopic (exact) mass is 501 g/mol. The molecule has 0 saturated heterocycles.